The number of aliphatic carboxylic acids is 1. The summed E-state index contributed by atoms with van der Waals surface area (Å²) in [7, 11) is 0. The second-order valence-electron chi connectivity index (χ2n) is 3.63. The average Bonchev–Trinajstić information content (AvgIpc) is 2.04. The topological polar surface area (TPSA) is 40.5 Å². The zero-order valence-electron chi connectivity index (χ0n) is 7.87. The van der Waals surface area contributed by atoms with Gasteiger partial charge in [0.05, 0.1) is 0 Å². The Morgan fingerprint density at radius 1 is 1.69 bits per heavy atom. The van der Waals surface area contributed by atoms with Crippen molar-refractivity contribution in [1.29, 1.82) is 0 Å². The molecule has 0 saturated carbocycles. The smallest absolute Gasteiger partial charge is 0.321 e. The van der Waals surface area contributed by atoms with Gasteiger partial charge in [-0.3, -0.25) is 9.69 Å². The van der Waals surface area contributed by atoms with Gasteiger partial charge < -0.3 is 5.11 Å². The molecule has 0 aromatic heterocycles. The van der Waals surface area contributed by atoms with E-state index in [4.69, 9.17) is 5.11 Å². The number of hydrogen-bond acceptors (Lipinski definition) is 2. The van der Waals surface area contributed by atoms with Gasteiger partial charge >= 0.3 is 5.97 Å². The highest BCUT2D eigenvalue weighted by Crippen LogP contribution is 2.22. The van der Waals surface area contributed by atoms with Gasteiger partial charge in [0, 0.05) is 6.54 Å². The van der Waals surface area contributed by atoms with E-state index < -0.39 is 18.7 Å². The van der Waals surface area contributed by atoms with Gasteiger partial charge in [-0.1, -0.05) is 6.92 Å². The molecule has 0 aromatic rings. The van der Waals surface area contributed by atoms with Crippen LogP contribution in [0.3, 0.4) is 0 Å². The highest BCUT2D eigenvalue weighted by molar-refractivity contribution is 5.74. The molecule has 1 fully saturated rings. The molecule has 0 amide bonds. The Kier molecular flexibility index (Phi) is 3.66. The van der Waals surface area contributed by atoms with Crippen molar-refractivity contribution in [2.45, 2.75) is 25.8 Å². The summed E-state index contributed by atoms with van der Waals surface area (Å²) in [6.07, 6.45) is 1.91. The molecular weight excluding hydrogens is 173 g/mol. The summed E-state index contributed by atoms with van der Waals surface area (Å²) in [5, 5.41) is 8.94. The molecule has 1 N–H and O–H groups in total. The Morgan fingerprint density at radius 3 is 2.92 bits per heavy atom. The van der Waals surface area contributed by atoms with Crippen LogP contribution in [-0.4, -0.2) is 41.8 Å². The average molecular weight is 189 g/mol. The minimum absolute atomic E-state index is 0.137. The third-order valence-corrected chi connectivity index (χ3v) is 2.66. The summed E-state index contributed by atoms with van der Waals surface area (Å²) >= 11 is 0. The van der Waals surface area contributed by atoms with Gasteiger partial charge in [0.15, 0.2) is 0 Å². The lowest BCUT2D eigenvalue weighted by Gasteiger charge is -2.36. The molecule has 0 bridgehead atoms. The third-order valence-electron chi connectivity index (χ3n) is 2.66. The lowest BCUT2D eigenvalue weighted by atomic mass is 9.91. The number of alkyl halides is 1. The first kappa shape index (κ1) is 10.4. The van der Waals surface area contributed by atoms with Gasteiger partial charge in [-0.25, -0.2) is 4.39 Å². The highest BCUT2D eigenvalue weighted by Gasteiger charge is 2.33. The lowest BCUT2D eigenvalue weighted by Crippen LogP contribution is -2.49. The van der Waals surface area contributed by atoms with Crippen LogP contribution in [0.25, 0.3) is 0 Å². The molecule has 0 aromatic carbocycles. The Labute approximate surface area is 77.5 Å². The number of hydrogen-bond donors (Lipinski definition) is 1. The Bertz CT molecular complexity index is 184. The standard InChI is InChI=1S/C9H16FNO2/c1-7-3-2-5-11(6-4-10)8(7)9(12)13/h7-8H,2-6H2,1H3,(H,12,13). The number of nitrogens with zero attached hydrogens (tertiary/aromatic N) is 1. The maximum absolute atomic E-state index is 12.1. The number of carboxylic acids is 1. The molecule has 4 heteroatoms. The highest BCUT2D eigenvalue weighted by atomic mass is 19.1. The summed E-state index contributed by atoms with van der Waals surface area (Å²) in [4.78, 5) is 12.6. The quantitative estimate of drug-likeness (QED) is 0.723. The molecule has 0 spiro atoms. The number of carbonyl (C=O) groups is 1. The third kappa shape index (κ3) is 2.40. The van der Waals surface area contributed by atoms with Crippen LogP contribution in [0.2, 0.25) is 0 Å². The second-order valence-corrected chi connectivity index (χ2v) is 3.63. The monoisotopic (exact) mass is 189 g/mol. The number of rotatable bonds is 3. The normalized spacial score (nSPS) is 30.3. The van der Waals surface area contributed by atoms with Crippen LogP contribution in [0.1, 0.15) is 19.8 Å². The number of carboxylic acid groups (broad SMARTS) is 1. The number of piperidine rings is 1. The maximum atomic E-state index is 12.1. The molecule has 2 unspecified atom stereocenters. The van der Waals surface area contributed by atoms with E-state index in [2.05, 4.69) is 0 Å². The van der Waals surface area contributed by atoms with E-state index >= 15 is 0 Å². The Morgan fingerprint density at radius 2 is 2.38 bits per heavy atom. The van der Waals surface area contributed by atoms with Crippen LogP contribution in [0.5, 0.6) is 0 Å². The molecule has 1 heterocycles. The van der Waals surface area contributed by atoms with Gasteiger partial charge in [-0.15, -0.1) is 0 Å². The molecule has 1 rings (SSSR count). The van der Waals surface area contributed by atoms with Gasteiger partial charge in [0.2, 0.25) is 0 Å². The molecule has 76 valence electrons. The minimum atomic E-state index is -0.819. The molecule has 1 aliphatic rings. The van der Waals surface area contributed by atoms with E-state index in [-0.39, 0.29) is 12.5 Å². The van der Waals surface area contributed by atoms with Gasteiger partial charge in [0.25, 0.3) is 0 Å². The van der Waals surface area contributed by atoms with Crippen LogP contribution < -0.4 is 0 Å². The van der Waals surface area contributed by atoms with Crippen molar-refractivity contribution in [2.75, 3.05) is 19.8 Å². The fourth-order valence-electron chi connectivity index (χ4n) is 2.03. The van der Waals surface area contributed by atoms with E-state index in [0.717, 1.165) is 12.8 Å². The molecule has 1 aliphatic heterocycles. The van der Waals surface area contributed by atoms with E-state index in [0.29, 0.717) is 6.54 Å². The fraction of sp³-hybridized carbons (Fsp3) is 0.889. The molecule has 2 atom stereocenters. The molecule has 0 aliphatic carbocycles. The van der Waals surface area contributed by atoms with Gasteiger partial charge in [0.1, 0.15) is 12.7 Å². The zero-order chi connectivity index (χ0) is 9.84. The number of likely N-dealkylation sites (tertiary alicyclic amines) is 1. The summed E-state index contributed by atoms with van der Waals surface area (Å²) in [6.45, 7) is 2.42. The van der Waals surface area contributed by atoms with Crippen molar-refractivity contribution in [3.05, 3.63) is 0 Å². The minimum Gasteiger partial charge on any atom is -0.480 e. The largest absolute Gasteiger partial charge is 0.480 e. The molecule has 1 saturated heterocycles. The van der Waals surface area contributed by atoms with Crippen molar-refractivity contribution >= 4 is 5.97 Å². The molecular formula is C9H16FNO2. The first-order valence-electron chi connectivity index (χ1n) is 4.69. The lowest BCUT2D eigenvalue weighted by molar-refractivity contribution is -0.146. The Hall–Kier alpha value is -0.640. The maximum Gasteiger partial charge on any atom is 0.321 e. The second kappa shape index (κ2) is 4.56. The van der Waals surface area contributed by atoms with E-state index in [1.807, 2.05) is 6.92 Å². The predicted octanol–water partition coefficient (Wildman–Crippen LogP) is 1.14. The summed E-state index contributed by atoms with van der Waals surface area (Å²) in [6, 6.07) is -0.482. The van der Waals surface area contributed by atoms with Crippen molar-refractivity contribution in [3.63, 3.8) is 0 Å². The summed E-state index contributed by atoms with van der Waals surface area (Å²) < 4.78 is 12.1. The van der Waals surface area contributed by atoms with E-state index in [1.54, 1.807) is 4.90 Å². The first-order chi connectivity index (χ1) is 6.16. The van der Waals surface area contributed by atoms with E-state index in [9.17, 15) is 9.18 Å². The molecule has 3 nitrogen and oxygen atoms in total. The van der Waals surface area contributed by atoms with E-state index in [1.165, 1.54) is 0 Å². The predicted molar refractivity (Wildman–Crippen MR) is 47.4 cm³/mol. The Balaban J connectivity index is 2.62. The van der Waals surface area contributed by atoms with Crippen LogP contribution in [0.15, 0.2) is 0 Å². The van der Waals surface area contributed by atoms with Crippen LogP contribution in [-0.2, 0) is 4.79 Å². The summed E-state index contributed by atoms with van der Waals surface area (Å²) in [5.41, 5.74) is 0. The van der Waals surface area contributed by atoms with Crippen molar-refractivity contribution < 1.29 is 14.3 Å². The van der Waals surface area contributed by atoms with Gasteiger partial charge in [-0.2, -0.15) is 0 Å². The van der Waals surface area contributed by atoms with Crippen LogP contribution >= 0.6 is 0 Å². The van der Waals surface area contributed by atoms with Crippen LogP contribution in [0.4, 0.5) is 4.39 Å². The first-order valence-corrected chi connectivity index (χ1v) is 4.69. The zero-order valence-corrected chi connectivity index (χ0v) is 7.87. The summed E-state index contributed by atoms with van der Waals surface area (Å²) in [5.74, 6) is -0.682. The van der Waals surface area contributed by atoms with Crippen molar-refractivity contribution in [3.8, 4) is 0 Å². The fourth-order valence-corrected chi connectivity index (χ4v) is 2.03. The van der Waals surface area contributed by atoms with Crippen molar-refractivity contribution in [1.82, 2.24) is 4.90 Å². The SMILES string of the molecule is CC1CCCN(CCF)C1C(=O)O. The van der Waals surface area contributed by atoms with Gasteiger partial charge in [-0.05, 0) is 25.3 Å². The number of halogens is 1. The van der Waals surface area contributed by atoms with Crippen molar-refractivity contribution in [2.24, 2.45) is 5.92 Å². The molecule has 0 radical (unpaired) electrons. The van der Waals surface area contributed by atoms with Crippen LogP contribution in [0, 0.1) is 5.92 Å². The molecule has 13 heavy (non-hydrogen) atoms.